The van der Waals surface area contributed by atoms with Gasteiger partial charge in [-0.25, -0.2) is 18.7 Å². The number of aromatic nitrogens is 4. The Bertz CT molecular complexity index is 2890. The summed E-state index contributed by atoms with van der Waals surface area (Å²) in [5, 5.41) is 7.06. The quantitative estimate of drug-likeness (QED) is 0.136. The largest absolute Gasteiger partial charge is 0.364 e. The number of fused-ring (bicyclic) bond motifs is 2. The molecule has 0 unspecified atom stereocenters. The molecule has 7 aromatic rings. The second kappa shape index (κ2) is 18.4. The van der Waals surface area contributed by atoms with E-state index in [1.165, 1.54) is 36.4 Å². The average molecular weight is 812 g/mol. The van der Waals surface area contributed by atoms with Crippen molar-refractivity contribution in [2.45, 2.75) is 34.1 Å². The first-order chi connectivity index (χ1) is 28.5. The van der Waals surface area contributed by atoms with Crippen molar-refractivity contribution >= 4 is 56.6 Å². The number of amides is 1. The van der Waals surface area contributed by atoms with Crippen molar-refractivity contribution in [3.63, 3.8) is 0 Å². The molecule has 1 amide bonds. The highest BCUT2D eigenvalue weighted by molar-refractivity contribution is 6.34. The van der Waals surface area contributed by atoms with Crippen LogP contribution in [0.2, 0.25) is 5.15 Å². The Morgan fingerprint density at radius 3 is 1.86 bits per heavy atom. The standard InChI is InChI=1S/C22H16ClF2N3O.C22H18N4O2.C2H6/c1-13-11-18-21(22(23)26-13)19(29)12-20(27-16-4-2-3-14(24)5-8-16)28(18)17-9-6-15(25)7-10-17;1-14-12-17-20(21(24-14)22(23)28)18(27)13-19(25-15-8-4-2-5-9-15)26(17)16-10-6-3-7-11-16;1-2/h3-12,27H,2H2,1H3;2-13,25H,1H3,(H2,23,28);1-2H3. The molecule has 59 heavy (non-hydrogen) atoms. The third-order valence-electron chi connectivity index (χ3n) is 8.93. The molecule has 3 aromatic carbocycles. The second-order valence-corrected chi connectivity index (χ2v) is 13.4. The Morgan fingerprint density at radius 1 is 0.695 bits per heavy atom. The third kappa shape index (κ3) is 9.35. The molecule has 0 atom stereocenters. The van der Waals surface area contributed by atoms with Gasteiger partial charge in [-0.3, -0.25) is 23.5 Å². The lowest BCUT2D eigenvalue weighted by Gasteiger charge is -2.19. The maximum absolute atomic E-state index is 13.5. The first-order valence-electron chi connectivity index (χ1n) is 18.7. The number of carbonyl (C=O) groups excluding carboxylic acids is 1. The molecule has 0 bridgehead atoms. The number of carbonyl (C=O) groups is 1. The fourth-order valence-electron chi connectivity index (χ4n) is 6.48. The normalized spacial score (nSPS) is 12.0. The van der Waals surface area contributed by atoms with E-state index in [2.05, 4.69) is 20.6 Å². The maximum Gasteiger partial charge on any atom is 0.268 e. The average Bonchev–Trinajstić information content (AvgIpc) is 3.42. The molecule has 1 aliphatic carbocycles. The van der Waals surface area contributed by atoms with Gasteiger partial charge in [-0.2, -0.15) is 0 Å². The molecular weight excluding hydrogens is 772 g/mol. The first-order valence-corrected chi connectivity index (χ1v) is 19.1. The summed E-state index contributed by atoms with van der Waals surface area (Å²) < 4.78 is 30.7. The Balaban J connectivity index is 0.000000191. The van der Waals surface area contributed by atoms with Crippen molar-refractivity contribution in [3.8, 4) is 11.4 Å². The summed E-state index contributed by atoms with van der Waals surface area (Å²) in [5.74, 6) is -0.416. The van der Waals surface area contributed by atoms with E-state index in [9.17, 15) is 23.2 Å². The van der Waals surface area contributed by atoms with Crippen molar-refractivity contribution in [1.82, 2.24) is 19.1 Å². The number of nitrogens with two attached hydrogens (primary N) is 1. The summed E-state index contributed by atoms with van der Waals surface area (Å²) >= 11 is 6.26. The molecule has 8 rings (SSSR count). The molecule has 0 aliphatic heterocycles. The second-order valence-electron chi connectivity index (χ2n) is 13.0. The Labute approximate surface area is 343 Å². The van der Waals surface area contributed by atoms with Crippen molar-refractivity contribution in [2.75, 3.05) is 10.6 Å². The SMILES string of the molecule is CC.Cc1cc2c(c(C(N)=O)n1)c(=O)cc(Nc1ccccc1)n2-c1ccccc1.Cc1cc2c(c(Cl)n1)c(=O)cc(NC1=CCC=C(F)C=C1)n2-c1ccc(F)cc1. The number of aryl methyl sites for hydroxylation is 2. The number of hydrogen-bond donors (Lipinski definition) is 3. The number of halogens is 3. The molecule has 0 fully saturated rings. The minimum Gasteiger partial charge on any atom is -0.364 e. The van der Waals surface area contributed by atoms with E-state index in [-0.39, 0.29) is 44.1 Å². The monoisotopic (exact) mass is 811 g/mol. The summed E-state index contributed by atoms with van der Waals surface area (Å²) in [4.78, 5) is 46.0. The molecule has 4 aromatic heterocycles. The molecule has 0 saturated heterocycles. The van der Waals surface area contributed by atoms with E-state index in [4.69, 9.17) is 17.3 Å². The minimum atomic E-state index is -0.728. The highest BCUT2D eigenvalue weighted by Gasteiger charge is 2.19. The third-order valence-corrected chi connectivity index (χ3v) is 9.20. The van der Waals surface area contributed by atoms with Crippen LogP contribution in [-0.4, -0.2) is 25.0 Å². The smallest absolute Gasteiger partial charge is 0.268 e. The topological polar surface area (TPSA) is 137 Å². The van der Waals surface area contributed by atoms with Gasteiger partial charge in [0.2, 0.25) is 0 Å². The van der Waals surface area contributed by atoms with E-state index in [1.807, 2.05) is 79.1 Å². The van der Waals surface area contributed by atoms with Gasteiger partial charge in [0.25, 0.3) is 5.91 Å². The molecule has 4 heterocycles. The molecule has 0 spiro atoms. The van der Waals surface area contributed by atoms with E-state index < -0.39 is 5.91 Å². The number of hydrogen-bond acceptors (Lipinski definition) is 7. The van der Waals surface area contributed by atoms with E-state index in [1.54, 1.807) is 54.8 Å². The zero-order valence-corrected chi connectivity index (χ0v) is 33.4. The Morgan fingerprint density at radius 2 is 1.24 bits per heavy atom. The van der Waals surface area contributed by atoms with Crippen LogP contribution < -0.4 is 27.2 Å². The predicted molar refractivity (Wildman–Crippen MR) is 233 cm³/mol. The predicted octanol–water partition coefficient (Wildman–Crippen LogP) is 10.2. The number of primary amides is 1. The molecule has 13 heteroatoms. The van der Waals surface area contributed by atoms with Crippen LogP contribution in [0.5, 0.6) is 0 Å². The fourth-order valence-corrected chi connectivity index (χ4v) is 6.80. The van der Waals surface area contributed by atoms with Crippen LogP contribution in [0.15, 0.2) is 155 Å². The number of para-hydroxylation sites is 2. The van der Waals surface area contributed by atoms with Crippen LogP contribution in [0.3, 0.4) is 0 Å². The van der Waals surface area contributed by atoms with E-state index >= 15 is 0 Å². The van der Waals surface area contributed by atoms with Crippen LogP contribution in [0, 0.1) is 19.7 Å². The zero-order chi connectivity index (χ0) is 42.2. The number of nitrogens with one attached hydrogen (secondary N) is 2. The van der Waals surface area contributed by atoms with Crippen molar-refractivity contribution in [1.29, 1.82) is 0 Å². The molecule has 4 N–H and O–H groups in total. The van der Waals surface area contributed by atoms with E-state index in [0.717, 1.165) is 11.4 Å². The van der Waals surface area contributed by atoms with Crippen LogP contribution >= 0.6 is 11.6 Å². The van der Waals surface area contributed by atoms with Crippen LogP contribution in [0.25, 0.3) is 33.2 Å². The van der Waals surface area contributed by atoms with Gasteiger partial charge in [-0.15, -0.1) is 0 Å². The van der Waals surface area contributed by atoms with Gasteiger partial charge in [0, 0.05) is 46.3 Å². The van der Waals surface area contributed by atoms with Gasteiger partial charge in [0.05, 0.1) is 21.8 Å². The van der Waals surface area contributed by atoms with Gasteiger partial charge >= 0.3 is 0 Å². The molecule has 1 aliphatic rings. The van der Waals surface area contributed by atoms with Crippen LogP contribution in [0.1, 0.15) is 42.1 Å². The number of rotatable bonds is 7. The van der Waals surface area contributed by atoms with Gasteiger partial charge in [0.15, 0.2) is 10.9 Å². The minimum absolute atomic E-state index is 0.0176. The number of nitrogens with zero attached hydrogens (tertiary/aromatic N) is 4. The van der Waals surface area contributed by atoms with Crippen LogP contribution in [0.4, 0.5) is 26.1 Å². The summed E-state index contributed by atoms with van der Waals surface area (Å²) in [6, 6.07) is 31.4. The van der Waals surface area contributed by atoms with Gasteiger partial charge in [0.1, 0.15) is 34.1 Å². The molecule has 298 valence electrons. The Kier molecular flexibility index (Phi) is 12.9. The van der Waals surface area contributed by atoms with Crippen molar-refractivity contribution < 1.29 is 13.6 Å². The fraction of sp³-hybridized carbons (Fsp3) is 0.109. The molecule has 0 saturated carbocycles. The van der Waals surface area contributed by atoms with Crippen LogP contribution in [-0.2, 0) is 0 Å². The zero-order valence-electron chi connectivity index (χ0n) is 32.6. The summed E-state index contributed by atoms with van der Waals surface area (Å²) in [5.41, 5.74) is 10.1. The highest BCUT2D eigenvalue weighted by atomic mass is 35.5. The molecular formula is C46H40ClF2N7O3. The summed E-state index contributed by atoms with van der Waals surface area (Å²) in [6.45, 7) is 7.54. The van der Waals surface area contributed by atoms with Gasteiger partial charge < -0.3 is 16.4 Å². The highest BCUT2D eigenvalue weighted by Crippen LogP contribution is 2.29. The lowest BCUT2D eigenvalue weighted by molar-refractivity contribution is 0.0997. The Hall–Kier alpha value is -7.18. The van der Waals surface area contributed by atoms with Crippen molar-refractivity contribution in [2.24, 2.45) is 5.73 Å². The van der Waals surface area contributed by atoms with Gasteiger partial charge in [-0.1, -0.05) is 67.9 Å². The molecule has 0 radical (unpaired) electrons. The number of pyridine rings is 4. The lowest BCUT2D eigenvalue weighted by atomic mass is 10.1. The number of allylic oxidation sites excluding steroid dienone is 5. The summed E-state index contributed by atoms with van der Waals surface area (Å²) in [6.07, 6.45) is 6.60. The van der Waals surface area contributed by atoms with E-state index in [0.29, 0.717) is 51.9 Å². The van der Waals surface area contributed by atoms with Crippen molar-refractivity contribution in [3.05, 3.63) is 194 Å². The van der Waals surface area contributed by atoms with Gasteiger partial charge in [-0.05, 0) is 99.2 Å². The molecule has 10 nitrogen and oxygen atoms in total. The number of anilines is 3. The number of benzene rings is 3. The summed E-state index contributed by atoms with van der Waals surface area (Å²) in [7, 11) is 0. The maximum atomic E-state index is 13.5. The lowest BCUT2D eigenvalue weighted by Crippen LogP contribution is -2.20. The first kappa shape index (κ1) is 41.5.